The van der Waals surface area contributed by atoms with Crippen molar-refractivity contribution in [3.63, 3.8) is 0 Å². The van der Waals surface area contributed by atoms with Gasteiger partial charge in [0.1, 0.15) is 12.4 Å². The quantitative estimate of drug-likeness (QED) is 0.630. The zero-order chi connectivity index (χ0) is 16.9. The molecule has 2 aromatic rings. The Hall–Kier alpha value is -2.99. The third-order valence-electron chi connectivity index (χ3n) is 3.15. The van der Waals surface area contributed by atoms with Gasteiger partial charge < -0.3 is 19.4 Å². The second kappa shape index (κ2) is 7.06. The molecule has 0 saturated heterocycles. The van der Waals surface area contributed by atoms with Crippen molar-refractivity contribution in [3.05, 3.63) is 36.7 Å². The monoisotopic (exact) mass is 343 g/mol. The van der Waals surface area contributed by atoms with E-state index in [1.165, 1.54) is 11.8 Å². The van der Waals surface area contributed by atoms with E-state index in [1.54, 1.807) is 29.1 Å². The molecule has 9 heteroatoms. The zero-order valence-corrected chi connectivity index (χ0v) is 13.4. The number of thioether (sulfide) groups is 1. The minimum Gasteiger partial charge on any atom is -0.454 e. The van der Waals surface area contributed by atoms with E-state index in [2.05, 4.69) is 22.1 Å². The van der Waals surface area contributed by atoms with Crippen molar-refractivity contribution in [2.75, 3.05) is 17.9 Å². The molecule has 1 aliphatic heterocycles. The average molecular weight is 343 g/mol. The van der Waals surface area contributed by atoms with Gasteiger partial charge in [0.25, 0.3) is 0 Å². The summed E-state index contributed by atoms with van der Waals surface area (Å²) >= 11 is 1.25. The van der Waals surface area contributed by atoms with Gasteiger partial charge in [0.05, 0.1) is 17.0 Å². The SMILES string of the molecule is C=CCn1cnnc1SCC(=O)Nc1cc2c(cc1C#N)OCO2. The number of benzene rings is 1. The van der Waals surface area contributed by atoms with Crippen molar-refractivity contribution in [1.82, 2.24) is 14.8 Å². The first-order chi connectivity index (χ1) is 11.7. The number of allylic oxidation sites excluding steroid dienone is 1. The van der Waals surface area contributed by atoms with Crippen LogP contribution in [0.1, 0.15) is 5.56 Å². The molecule has 1 aromatic carbocycles. The Morgan fingerprint density at radius 2 is 2.29 bits per heavy atom. The number of hydrogen-bond acceptors (Lipinski definition) is 7. The van der Waals surface area contributed by atoms with Crippen LogP contribution in [0.15, 0.2) is 36.3 Å². The zero-order valence-electron chi connectivity index (χ0n) is 12.6. The molecule has 0 fully saturated rings. The van der Waals surface area contributed by atoms with Crippen molar-refractivity contribution in [3.8, 4) is 17.6 Å². The highest BCUT2D eigenvalue weighted by Gasteiger charge is 2.18. The fraction of sp³-hybridized carbons (Fsp3) is 0.200. The lowest BCUT2D eigenvalue weighted by Gasteiger charge is -2.08. The number of carbonyl (C=O) groups excluding carboxylic acids is 1. The predicted octanol–water partition coefficient (Wildman–Crippen LogP) is 1.80. The summed E-state index contributed by atoms with van der Waals surface area (Å²) in [5, 5.41) is 20.3. The Morgan fingerprint density at radius 3 is 3.04 bits per heavy atom. The second-order valence-electron chi connectivity index (χ2n) is 4.75. The van der Waals surface area contributed by atoms with Gasteiger partial charge in [0.2, 0.25) is 12.7 Å². The van der Waals surface area contributed by atoms with Crippen LogP contribution in [0.5, 0.6) is 11.5 Å². The first kappa shape index (κ1) is 15.9. The van der Waals surface area contributed by atoms with Gasteiger partial charge in [-0.25, -0.2) is 0 Å². The molecule has 0 radical (unpaired) electrons. The largest absolute Gasteiger partial charge is 0.454 e. The number of nitrogens with zero attached hydrogens (tertiary/aromatic N) is 4. The number of fused-ring (bicyclic) bond motifs is 1. The number of ether oxygens (including phenoxy) is 2. The maximum absolute atomic E-state index is 12.2. The van der Waals surface area contributed by atoms with Crippen molar-refractivity contribution in [2.45, 2.75) is 11.7 Å². The fourth-order valence-corrected chi connectivity index (χ4v) is 2.80. The summed E-state index contributed by atoms with van der Waals surface area (Å²) in [4.78, 5) is 12.2. The highest BCUT2D eigenvalue weighted by Crippen LogP contribution is 2.36. The Labute approximate surface area is 142 Å². The van der Waals surface area contributed by atoms with Crippen LogP contribution in [-0.2, 0) is 11.3 Å². The molecule has 0 unspecified atom stereocenters. The van der Waals surface area contributed by atoms with E-state index in [1.807, 2.05) is 6.07 Å². The minimum atomic E-state index is -0.261. The van der Waals surface area contributed by atoms with E-state index in [0.29, 0.717) is 34.5 Å². The molecular weight excluding hydrogens is 330 g/mol. The van der Waals surface area contributed by atoms with Gasteiger partial charge in [-0.1, -0.05) is 17.8 Å². The number of amides is 1. The topological polar surface area (TPSA) is 102 Å². The van der Waals surface area contributed by atoms with Crippen LogP contribution < -0.4 is 14.8 Å². The maximum atomic E-state index is 12.2. The second-order valence-corrected chi connectivity index (χ2v) is 5.70. The number of carbonyl (C=O) groups is 1. The van der Waals surface area contributed by atoms with Gasteiger partial charge in [-0.05, 0) is 0 Å². The van der Waals surface area contributed by atoms with Crippen LogP contribution in [0.4, 0.5) is 5.69 Å². The summed E-state index contributed by atoms with van der Waals surface area (Å²) in [6.07, 6.45) is 3.30. The molecule has 1 aliphatic rings. The molecule has 2 heterocycles. The molecule has 8 nitrogen and oxygen atoms in total. The van der Waals surface area contributed by atoms with Crippen LogP contribution in [-0.4, -0.2) is 33.2 Å². The van der Waals surface area contributed by atoms with Crippen molar-refractivity contribution >= 4 is 23.4 Å². The third kappa shape index (κ3) is 3.33. The lowest BCUT2D eigenvalue weighted by Crippen LogP contribution is -2.15. The summed E-state index contributed by atoms with van der Waals surface area (Å²) in [6.45, 7) is 4.33. The van der Waals surface area contributed by atoms with Gasteiger partial charge in [0, 0.05) is 18.7 Å². The minimum absolute atomic E-state index is 0.104. The molecule has 122 valence electrons. The molecule has 0 bridgehead atoms. The van der Waals surface area contributed by atoms with Gasteiger partial charge in [-0.2, -0.15) is 5.26 Å². The number of hydrogen-bond donors (Lipinski definition) is 1. The van der Waals surface area contributed by atoms with Crippen LogP contribution in [0, 0.1) is 11.3 Å². The number of anilines is 1. The Bertz CT molecular complexity index is 827. The molecule has 1 amide bonds. The smallest absolute Gasteiger partial charge is 0.234 e. The Balaban J connectivity index is 1.66. The highest BCUT2D eigenvalue weighted by molar-refractivity contribution is 7.99. The molecule has 3 rings (SSSR count). The summed E-state index contributed by atoms with van der Waals surface area (Å²) in [7, 11) is 0. The molecule has 1 aromatic heterocycles. The third-order valence-corrected chi connectivity index (χ3v) is 4.13. The lowest BCUT2D eigenvalue weighted by molar-refractivity contribution is -0.113. The average Bonchev–Trinajstić information content (AvgIpc) is 3.21. The molecule has 1 N–H and O–H groups in total. The summed E-state index contributed by atoms with van der Waals surface area (Å²) < 4.78 is 12.3. The Morgan fingerprint density at radius 1 is 1.50 bits per heavy atom. The van der Waals surface area contributed by atoms with Gasteiger partial charge in [-0.3, -0.25) is 4.79 Å². The standard InChI is InChI=1S/C15H13N5O3S/c1-2-3-20-8-17-19-15(20)24-7-14(21)18-11-5-13-12(22-9-23-13)4-10(11)6-16/h2,4-5,8H,1,3,7,9H2,(H,18,21). The van der Waals surface area contributed by atoms with Crippen LogP contribution in [0.2, 0.25) is 0 Å². The van der Waals surface area contributed by atoms with Gasteiger partial charge in [0.15, 0.2) is 16.7 Å². The van der Waals surface area contributed by atoms with Crippen molar-refractivity contribution < 1.29 is 14.3 Å². The first-order valence-electron chi connectivity index (χ1n) is 6.96. The van der Waals surface area contributed by atoms with Crippen LogP contribution in [0.3, 0.4) is 0 Å². The summed E-state index contributed by atoms with van der Waals surface area (Å²) in [5.74, 6) is 0.873. The highest BCUT2D eigenvalue weighted by atomic mass is 32.2. The van der Waals surface area contributed by atoms with E-state index in [0.717, 1.165) is 0 Å². The summed E-state index contributed by atoms with van der Waals surface area (Å²) in [6, 6.07) is 5.17. The van der Waals surface area contributed by atoms with E-state index in [4.69, 9.17) is 9.47 Å². The van der Waals surface area contributed by atoms with Gasteiger partial charge >= 0.3 is 0 Å². The van der Waals surface area contributed by atoms with Crippen LogP contribution in [0.25, 0.3) is 0 Å². The number of nitriles is 1. The molecule has 0 saturated carbocycles. The van der Waals surface area contributed by atoms with Crippen molar-refractivity contribution in [2.24, 2.45) is 0 Å². The van der Waals surface area contributed by atoms with Crippen molar-refractivity contribution in [1.29, 1.82) is 5.26 Å². The molecule has 0 atom stereocenters. The van der Waals surface area contributed by atoms with E-state index in [-0.39, 0.29) is 18.5 Å². The van der Waals surface area contributed by atoms with Gasteiger partial charge in [-0.15, -0.1) is 16.8 Å². The summed E-state index contributed by atoms with van der Waals surface area (Å²) in [5.41, 5.74) is 0.701. The number of nitrogens with one attached hydrogen (secondary N) is 1. The first-order valence-corrected chi connectivity index (χ1v) is 7.95. The molecule has 24 heavy (non-hydrogen) atoms. The normalized spacial score (nSPS) is 11.8. The van der Waals surface area contributed by atoms with E-state index >= 15 is 0 Å². The fourth-order valence-electron chi connectivity index (χ4n) is 2.07. The van der Waals surface area contributed by atoms with E-state index in [9.17, 15) is 10.1 Å². The Kier molecular flexibility index (Phi) is 4.67. The maximum Gasteiger partial charge on any atom is 0.234 e. The lowest BCUT2D eigenvalue weighted by atomic mass is 10.1. The predicted molar refractivity (Wildman–Crippen MR) is 86.9 cm³/mol. The molecule has 0 aliphatic carbocycles. The van der Waals surface area contributed by atoms with Crippen LogP contribution >= 0.6 is 11.8 Å². The number of aromatic nitrogens is 3. The molecular formula is C15H13N5O3S. The number of rotatable bonds is 6. The van der Waals surface area contributed by atoms with E-state index < -0.39 is 0 Å². The molecule has 0 spiro atoms.